The number of rotatable bonds is 4. The summed E-state index contributed by atoms with van der Waals surface area (Å²) in [6.07, 6.45) is 3.09. The summed E-state index contributed by atoms with van der Waals surface area (Å²) in [5.41, 5.74) is 6.66. The van der Waals surface area contributed by atoms with E-state index in [1.54, 1.807) is 23.1 Å². The Morgan fingerprint density at radius 2 is 2.15 bits per heavy atom. The molecule has 4 rings (SSSR count). The molecular weight excluding hydrogens is 332 g/mol. The molecule has 0 radical (unpaired) electrons. The number of hydrogen-bond donors (Lipinski definition) is 1. The highest BCUT2D eigenvalue weighted by Crippen LogP contribution is 2.28. The van der Waals surface area contributed by atoms with Gasteiger partial charge < -0.3 is 5.73 Å². The Labute approximate surface area is 149 Å². The maximum Gasteiger partial charge on any atom is 0.225 e. The number of carbonyl (C=O) groups excluding carboxylic acids is 1. The predicted octanol–water partition coefficient (Wildman–Crippen LogP) is 0.488. The van der Waals surface area contributed by atoms with Crippen LogP contribution in [0.2, 0.25) is 0 Å². The third-order valence-electron chi connectivity index (χ3n) is 4.43. The molecular formula is C17H16N8O. The Balaban J connectivity index is 1.73. The SMILES string of the molecule is N#Cc1ccc(-n2nc(CC(N)=O)nc2C2CCn3ncnc3C2)cc1. The molecule has 9 heteroatoms. The first-order valence-electron chi connectivity index (χ1n) is 8.25. The van der Waals surface area contributed by atoms with Crippen molar-refractivity contribution in [3.8, 4) is 11.8 Å². The molecule has 3 aromatic rings. The van der Waals surface area contributed by atoms with Crippen molar-refractivity contribution < 1.29 is 4.79 Å². The number of amides is 1. The fraction of sp³-hybridized carbons (Fsp3) is 0.294. The standard InChI is InChI=1S/C17H16N8O/c18-9-11-1-3-13(4-2-11)25-17(22-15(23-25)8-14(19)26)12-5-6-24-16(7-12)20-10-21-24/h1-4,10,12H,5-8H2,(H2,19,26). The number of primary amides is 1. The molecule has 1 aliphatic heterocycles. The number of nitriles is 1. The average molecular weight is 348 g/mol. The zero-order valence-corrected chi connectivity index (χ0v) is 13.9. The highest BCUT2D eigenvalue weighted by atomic mass is 16.1. The Bertz CT molecular complexity index is 995. The van der Waals surface area contributed by atoms with E-state index in [0.29, 0.717) is 17.8 Å². The summed E-state index contributed by atoms with van der Waals surface area (Å²) < 4.78 is 3.62. The summed E-state index contributed by atoms with van der Waals surface area (Å²) in [6, 6.07) is 9.19. The van der Waals surface area contributed by atoms with E-state index in [0.717, 1.165) is 30.3 Å². The van der Waals surface area contributed by atoms with E-state index in [-0.39, 0.29) is 12.3 Å². The van der Waals surface area contributed by atoms with Crippen LogP contribution in [-0.4, -0.2) is 35.4 Å². The van der Waals surface area contributed by atoms with Crippen LogP contribution in [0.1, 0.15) is 35.4 Å². The van der Waals surface area contributed by atoms with Gasteiger partial charge in [-0.15, -0.1) is 0 Å². The monoisotopic (exact) mass is 348 g/mol. The lowest BCUT2D eigenvalue weighted by molar-refractivity contribution is -0.117. The minimum atomic E-state index is -0.475. The van der Waals surface area contributed by atoms with E-state index in [9.17, 15) is 4.79 Å². The van der Waals surface area contributed by atoms with Crippen LogP contribution in [0.15, 0.2) is 30.6 Å². The van der Waals surface area contributed by atoms with Gasteiger partial charge in [0.15, 0.2) is 5.82 Å². The van der Waals surface area contributed by atoms with Crippen molar-refractivity contribution in [1.82, 2.24) is 29.5 Å². The lowest BCUT2D eigenvalue weighted by atomic mass is 9.97. The van der Waals surface area contributed by atoms with Gasteiger partial charge >= 0.3 is 0 Å². The van der Waals surface area contributed by atoms with E-state index in [4.69, 9.17) is 11.0 Å². The number of nitrogens with zero attached hydrogens (tertiary/aromatic N) is 7. The lowest BCUT2D eigenvalue weighted by Crippen LogP contribution is -2.22. The molecule has 0 saturated carbocycles. The minimum absolute atomic E-state index is 0.0147. The molecule has 0 bridgehead atoms. The molecule has 3 heterocycles. The molecule has 9 nitrogen and oxygen atoms in total. The van der Waals surface area contributed by atoms with Crippen molar-refractivity contribution >= 4 is 5.91 Å². The molecule has 1 atom stereocenters. The van der Waals surface area contributed by atoms with Crippen LogP contribution < -0.4 is 5.73 Å². The van der Waals surface area contributed by atoms with Gasteiger partial charge in [0.05, 0.1) is 23.7 Å². The summed E-state index contributed by atoms with van der Waals surface area (Å²) in [5, 5.41) is 17.7. The quantitative estimate of drug-likeness (QED) is 0.730. The van der Waals surface area contributed by atoms with Crippen LogP contribution in [0.25, 0.3) is 5.69 Å². The van der Waals surface area contributed by atoms with E-state index in [2.05, 4.69) is 26.2 Å². The molecule has 1 amide bonds. The van der Waals surface area contributed by atoms with Gasteiger partial charge in [0.1, 0.15) is 18.0 Å². The maximum absolute atomic E-state index is 11.3. The summed E-state index contributed by atoms with van der Waals surface area (Å²) >= 11 is 0. The third kappa shape index (κ3) is 2.93. The van der Waals surface area contributed by atoms with Crippen LogP contribution in [-0.2, 0) is 24.2 Å². The summed E-state index contributed by atoms with van der Waals surface area (Å²) in [6.45, 7) is 0.755. The molecule has 130 valence electrons. The second-order valence-corrected chi connectivity index (χ2v) is 6.19. The molecule has 0 aliphatic carbocycles. The Morgan fingerprint density at radius 1 is 1.35 bits per heavy atom. The van der Waals surface area contributed by atoms with Gasteiger partial charge in [-0.1, -0.05) is 0 Å². The Morgan fingerprint density at radius 3 is 2.88 bits per heavy atom. The molecule has 2 aromatic heterocycles. The fourth-order valence-corrected chi connectivity index (χ4v) is 3.18. The van der Waals surface area contributed by atoms with E-state index in [1.807, 2.05) is 16.8 Å². The first kappa shape index (κ1) is 16.0. The van der Waals surface area contributed by atoms with Crippen molar-refractivity contribution in [2.75, 3.05) is 0 Å². The topological polar surface area (TPSA) is 128 Å². The van der Waals surface area contributed by atoms with Gasteiger partial charge in [-0.2, -0.15) is 15.5 Å². The number of hydrogen-bond acceptors (Lipinski definition) is 6. The lowest BCUT2D eigenvalue weighted by Gasteiger charge is -2.21. The highest BCUT2D eigenvalue weighted by Gasteiger charge is 2.27. The molecule has 1 aromatic carbocycles. The predicted molar refractivity (Wildman–Crippen MR) is 90.1 cm³/mol. The number of benzene rings is 1. The van der Waals surface area contributed by atoms with Gasteiger partial charge in [-0.25, -0.2) is 14.6 Å². The van der Waals surface area contributed by atoms with Crippen LogP contribution >= 0.6 is 0 Å². The molecule has 26 heavy (non-hydrogen) atoms. The fourth-order valence-electron chi connectivity index (χ4n) is 3.18. The second-order valence-electron chi connectivity index (χ2n) is 6.19. The van der Waals surface area contributed by atoms with E-state index < -0.39 is 5.91 Å². The van der Waals surface area contributed by atoms with Crippen molar-refractivity contribution in [2.45, 2.75) is 31.7 Å². The first-order chi connectivity index (χ1) is 12.6. The summed E-state index contributed by atoms with van der Waals surface area (Å²) in [5.74, 6) is 1.70. The number of aromatic nitrogens is 6. The molecule has 2 N–H and O–H groups in total. The van der Waals surface area contributed by atoms with Gasteiger partial charge in [0, 0.05) is 18.9 Å². The average Bonchev–Trinajstić information content (AvgIpc) is 3.27. The molecule has 1 aliphatic rings. The van der Waals surface area contributed by atoms with E-state index >= 15 is 0 Å². The Hall–Kier alpha value is -3.54. The van der Waals surface area contributed by atoms with Crippen molar-refractivity contribution in [3.63, 3.8) is 0 Å². The summed E-state index contributed by atoms with van der Waals surface area (Å²) in [4.78, 5) is 20.2. The van der Waals surface area contributed by atoms with Crippen molar-refractivity contribution in [1.29, 1.82) is 5.26 Å². The maximum atomic E-state index is 11.3. The van der Waals surface area contributed by atoms with Gasteiger partial charge in [-0.3, -0.25) is 9.48 Å². The van der Waals surface area contributed by atoms with E-state index in [1.165, 1.54) is 0 Å². The zero-order valence-electron chi connectivity index (χ0n) is 13.9. The molecule has 1 unspecified atom stereocenters. The number of nitrogens with two attached hydrogens (primary N) is 1. The number of carbonyl (C=O) groups is 1. The zero-order chi connectivity index (χ0) is 18.1. The first-order valence-corrected chi connectivity index (χ1v) is 8.25. The molecule has 0 saturated heterocycles. The largest absolute Gasteiger partial charge is 0.369 e. The van der Waals surface area contributed by atoms with Gasteiger partial charge in [-0.05, 0) is 30.7 Å². The van der Waals surface area contributed by atoms with Crippen LogP contribution in [0.5, 0.6) is 0 Å². The smallest absolute Gasteiger partial charge is 0.225 e. The van der Waals surface area contributed by atoms with Gasteiger partial charge in [0.2, 0.25) is 5.91 Å². The van der Waals surface area contributed by atoms with Crippen molar-refractivity contribution in [2.24, 2.45) is 5.73 Å². The third-order valence-corrected chi connectivity index (χ3v) is 4.43. The molecule has 0 fully saturated rings. The highest BCUT2D eigenvalue weighted by molar-refractivity contribution is 5.75. The molecule has 0 spiro atoms. The second kappa shape index (κ2) is 6.40. The Kier molecular flexibility index (Phi) is 3.93. The van der Waals surface area contributed by atoms with Crippen LogP contribution in [0.4, 0.5) is 0 Å². The van der Waals surface area contributed by atoms with Crippen molar-refractivity contribution in [3.05, 3.63) is 53.6 Å². The van der Waals surface area contributed by atoms with Gasteiger partial charge in [0.25, 0.3) is 0 Å². The van der Waals surface area contributed by atoms with Crippen LogP contribution in [0, 0.1) is 11.3 Å². The summed E-state index contributed by atoms with van der Waals surface area (Å²) in [7, 11) is 0. The minimum Gasteiger partial charge on any atom is -0.369 e. The van der Waals surface area contributed by atoms with Crippen LogP contribution in [0.3, 0.4) is 0 Å². The normalized spacial score (nSPS) is 16.0. The number of aryl methyl sites for hydroxylation is 1. The number of fused-ring (bicyclic) bond motifs is 1.